The number of hydrogen-bond donors (Lipinski definition) is 0. The lowest BCUT2D eigenvalue weighted by molar-refractivity contribution is 0.277. The fraction of sp³-hybridized carbons (Fsp3) is 0.333. The van der Waals surface area contributed by atoms with E-state index in [2.05, 4.69) is 19.7 Å². The van der Waals surface area contributed by atoms with Crippen LogP contribution in [0.5, 0.6) is 0 Å². The van der Waals surface area contributed by atoms with Crippen LogP contribution in [0.2, 0.25) is 0 Å². The average Bonchev–Trinajstić information content (AvgIpc) is 1.86. The van der Waals surface area contributed by atoms with Crippen molar-refractivity contribution in [3.8, 4) is 0 Å². The predicted octanol–water partition coefficient (Wildman–Crippen LogP) is 3.83. The third-order valence-electron chi connectivity index (χ3n) is 1.92. The molecule has 0 amide bonds. The second kappa shape index (κ2) is 3.61. The van der Waals surface area contributed by atoms with E-state index >= 15 is 0 Å². The minimum Gasteiger partial charge on any atom is -0.211 e. The van der Waals surface area contributed by atoms with Gasteiger partial charge in [-0.2, -0.15) is 0 Å². The van der Waals surface area contributed by atoms with Crippen LogP contribution >= 0.6 is 0 Å². The van der Waals surface area contributed by atoms with Crippen LogP contribution in [0, 0.1) is 5.41 Å². The third-order valence-corrected chi connectivity index (χ3v) is 1.92. The van der Waals surface area contributed by atoms with E-state index in [1.165, 1.54) is 6.92 Å². The smallest absolute Gasteiger partial charge is 0.123 e. The van der Waals surface area contributed by atoms with Gasteiger partial charge in [-0.15, -0.1) is 0 Å². The molecule has 0 N–H and O–H groups in total. The van der Waals surface area contributed by atoms with Crippen molar-refractivity contribution in [1.29, 1.82) is 0 Å². The first kappa shape index (κ1) is 11.0. The van der Waals surface area contributed by atoms with E-state index < -0.39 is 22.9 Å². The molecule has 0 atom stereocenters. The van der Waals surface area contributed by atoms with Crippen molar-refractivity contribution in [2.24, 2.45) is 5.41 Å². The van der Waals surface area contributed by atoms with E-state index in [-0.39, 0.29) is 6.42 Å². The Morgan fingerprint density at radius 3 is 1.25 bits per heavy atom. The summed E-state index contributed by atoms with van der Waals surface area (Å²) in [5.41, 5.74) is -2.04. The molecule has 0 bridgehead atoms. The van der Waals surface area contributed by atoms with Gasteiger partial charge >= 0.3 is 0 Å². The summed E-state index contributed by atoms with van der Waals surface area (Å²) in [4.78, 5) is 0. The zero-order chi connectivity index (χ0) is 9.94. The minimum absolute atomic E-state index is 0.118. The highest BCUT2D eigenvalue weighted by atomic mass is 19.2. The molecule has 0 aromatic heterocycles. The Balaban J connectivity index is 5.19. The van der Waals surface area contributed by atoms with Crippen LogP contribution in [-0.2, 0) is 0 Å². The molecular weight excluding hydrogens is 165 g/mol. The molecule has 0 aliphatic carbocycles. The lowest BCUT2D eigenvalue weighted by Crippen LogP contribution is -2.21. The molecule has 0 saturated heterocycles. The molecule has 3 heteroatoms. The molecule has 68 valence electrons. The van der Waals surface area contributed by atoms with Gasteiger partial charge in [-0.05, 0) is 6.42 Å². The average molecular weight is 176 g/mol. The van der Waals surface area contributed by atoms with Crippen molar-refractivity contribution in [2.75, 3.05) is 0 Å². The molecule has 0 fully saturated rings. The summed E-state index contributed by atoms with van der Waals surface area (Å²) in [6.07, 6.45) is -0.118. The van der Waals surface area contributed by atoms with Gasteiger partial charge in [0.15, 0.2) is 0 Å². The zero-order valence-corrected chi connectivity index (χ0v) is 6.96. The lowest BCUT2D eigenvalue weighted by atomic mass is 9.82. The summed E-state index contributed by atoms with van der Waals surface area (Å²) in [5, 5.41) is 0. The number of halogens is 3. The molecule has 0 aromatic carbocycles. The maximum absolute atomic E-state index is 12.7. The maximum atomic E-state index is 12.7. The van der Waals surface area contributed by atoms with Crippen LogP contribution in [0.1, 0.15) is 13.3 Å². The minimum atomic E-state index is -2.04. The maximum Gasteiger partial charge on any atom is 0.123 e. The van der Waals surface area contributed by atoms with Crippen molar-refractivity contribution in [2.45, 2.75) is 13.3 Å². The van der Waals surface area contributed by atoms with Crippen LogP contribution in [-0.4, -0.2) is 0 Å². The van der Waals surface area contributed by atoms with Gasteiger partial charge in [0, 0.05) is 0 Å². The standard InChI is InChI=1S/C9H11F3/c1-5-9(6(2)10,7(3)11)8(4)12/h2-5H2,1H3. The van der Waals surface area contributed by atoms with Gasteiger partial charge in [0.2, 0.25) is 0 Å². The van der Waals surface area contributed by atoms with Crippen LogP contribution in [0.4, 0.5) is 13.2 Å². The van der Waals surface area contributed by atoms with Gasteiger partial charge in [-0.1, -0.05) is 26.7 Å². The first-order chi connectivity index (χ1) is 5.39. The zero-order valence-electron chi connectivity index (χ0n) is 6.96. The fourth-order valence-corrected chi connectivity index (χ4v) is 1.02. The number of hydrogen-bond acceptors (Lipinski definition) is 0. The second-order valence-corrected chi connectivity index (χ2v) is 2.47. The van der Waals surface area contributed by atoms with Crippen molar-refractivity contribution in [3.05, 3.63) is 37.2 Å². The molecule has 0 spiro atoms. The summed E-state index contributed by atoms with van der Waals surface area (Å²) in [5.74, 6) is -3.32. The molecule has 12 heavy (non-hydrogen) atoms. The summed E-state index contributed by atoms with van der Waals surface area (Å²) >= 11 is 0. The monoisotopic (exact) mass is 176 g/mol. The largest absolute Gasteiger partial charge is 0.211 e. The summed E-state index contributed by atoms with van der Waals surface area (Å²) in [6, 6.07) is 0. The molecule has 0 saturated carbocycles. The Morgan fingerprint density at radius 2 is 1.25 bits per heavy atom. The third kappa shape index (κ3) is 1.44. The molecule has 0 radical (unpaired) electrons. The molecular formula is C9H11F3. The quantitative estimate of drug-likeness (QED) is 0.610. The first-order valence-corrected chi connectivity index (χ1v) is 3.44. The first-order valence-electron chi connectivity index (χ1n) is 3.44. The molecule has 0 aliphatic heterocycles. The Morgan fingerprint density at radius 1 is 1.00 bits per heavy atom. The summed E-state index contributed by atoms with van der Waals surface area (Å²) in [7, 11) is 0. The Labute approximate surface area is 70.1 Å². The highest BCUT2D eigenvalue weighted by molar-refractivity contribution is 5.28. The summed E-state index contributed by atoms with van der Waals surface area (Å²) < 4.78 is 38.2. The van der Waals surface area contributed by atoms with Gasteiger partial charge in [-0.25, -0.2) is 13.2 Å². The van der Waals surface area contributed by atoms with Gasteiger partial charge < -0.3 is 0 Å². The van der Waals surface area contributed by atoms with E-state index in [0.717, 1.165) is 0 Å². The van der Waals surface area contributed by atoms with Crippen LogP contribution in [0.3, 0.4) is 0 Å². The highest BCUT2D eigenvalue weighted by Gasteiger charge is 2.40. The van der Waals surface area contributed by atoms with Gasteiger partial charge in [0.25, 0.3) is 0 Å². The number of rotatable bonds is 4. The summed E-state index contributed by atoms with van der Waals surface area (Å²) in [6.45, 7) is 10.0. The van der Waals surface area contributed by atoms with E-state index in [1.54, 1.807) is 0 Å². The van der Waals surface area contributed by atoms with Gasteiger partial charge in [0.1, 0.15) is 22.9 Å². The lowest BCUT2D eigenvalue weighted by Gasteiger charge is -2.26. The highest BCUT2D eigenvalue weighted by Crippen LogP contribution is 2.45. The van der Waals surface area contributed by atoms with E-state index in [0.29, 0.717) is 0 Å². The molecule has 0 unspecified atom stereocenters. The SMILES string of the molecule is C=C(F)C(CC)(C(=C)F)C(=C)F. The van der Waals surface area contributed by atoms with Gasteiger partial charge in [-0.3, -0.25) is 0 Å². The Bertz CT molecular complexity index is 192. The Hall–Kier alpha value is -0.990. The topological polar surface area (TPSA) is 0 Å². The van der Waals surface area contributed by atoms with Crippen LogP contribution in [0.25, 0.3) is 0 Å². The molecule has 0 heterocycles. The van der Waals surface area contributed by atoms with Crippen LogP contribution < -0.4 is 0 Å². The van der Waals surface area contributed by atoms with Crippen molar-refractivity contribution in [1.82, 2.24) is 0 Å². The number of allylic oxidation sites excluding steroid dienone is 3. The second-order valence-electron chi connectivity index (χ2n) is 2.47. The van der Waals surface area contributed by atoms with E-state index in [4.69, 9.17) is 0 Å². The predicted molar refractivity (Wildman–Crippen MR) is 43.5 cm³/mol. The Kier molecular flexibility index (Phi) is 3.31. The van der Waals surface area contributed by atoms with E-state index in [1.807, 2.05) is 0 Å². The van der Waals surface area contributed by atoms with Gasteiger partial charge in [0.05, 0.1) is 0 Å². The van der Waals surface area contributed by atoms with Crippen molar-refractivity contribution in [3.63, 3.8) is 0 Å². The molecule has 0 nitrogen and oxygen atoms in total. The van der Waals surface area contributed by atoms with Crippen LogP contribution in [0.15, 0.2) is 37.2 Å². The fourth-order valence-electron chi connectivity index (χ4n) is 1.02. The van der Waals surface area contributed by atoms with Crippen molar-refractivity contribution < 1.29 is 13.2 Å². The van der Waals surface area contributed by atoms with Crippen molar-refractivity contribution >= 4 is 0 Å². The molecule has 0 aliphatic rings. The van der Waals surface area contributed by atoms with E-state index in [9.17, 15) is 13.2 Å². The normalized spacial score (nSPS) is 11.0. The molecule has 0 aromatic rings. The molecule has 0 rings (SSSR count).